The van der Waals surface area contributed by atoms with Crippen LogP contribution in [0.5, 0.6) is 11.5 Å². The molecular weight excluding hydrogens is 402 g/mol. The molecule has 0 bridgehead atoms. The molecule has 4 rings (SSSR count). The highest BCUT2D eigenvalue weighted by Gasteiger charge is 2.17. The minimum atomic E-state index is -3.00. The number of hydrogen-bond donors (Lipinski definition) is 1. The van der Waals surface area contributed by atoms with Crippen molar-refractivity contribution >= 4 is 45.4 Å². The average molecular weight is 415 g/mol. The molecule has 146 valence electrons. The topological polar surface area (TPSA) is 59.7 Å². The van der Waals surface area contributed by atoms with Gasteiger partial charge in [0.15, 0.2) is 17.1 Å². The first kappa shape index (κ1) is 19.0. The molecule has 1 aromatic heterocycles. The molecule has 0 saturated heterocycles. The van der Waals surface area contributed by atoms with E-state index in [9.17, 15) is 18.7 Å². The van der Waals surface area contributed by atoms with E-state index in [1.54, 1.807) is 30.3 Å². The Hall–Kier alpha value is -3.38. The summed E-state index contributed by atoms with van der Waals surface area (Å²) < 4.78 is 35.8. The monoisotopic (exact) mass is 414 g/mol. The Balaban J connectivity index is 1.82. The van der Waals surface area contributed by atoms with Crippen molar-refractivity contribution in [2.24, 2.45) is 0 Å². The predicted molar refractivity (Wildman–Crippen MR) is 107 cm³/mol. The van der Waals surface area contributed by atoms with Crippen LogP contribution in [0.1, 0.15) is 15.9 Å². The molecule has 3 aromatic carbocycles. The van der Waals surface area contributed by atoms with E-state index in [-0.39, 0.29) is 22.6 Å². The van der Waals surface area contributed by atoms with Gasteiger partial charge in [-0.05, 0) is 42.0 Å². The molecular formula is C22H13ClF2O4. The highest BCUT2D eigenvalue weighted by Crippen LogP contribution is 2.38. The van der Waals surface area contributed by atoms with Gasteiger partial charge in [-0.2, -0.15) is 8.78 Å². The number of alkyl halides is 2. The van der Waals surface area contributed by atoms with E-state index in [1.807, 2.05) is 0 Å². The standard InChI is InChI=1S/C22H13ClF2O4/c23-13-7-9-17(27)15(11-13)16(26)8-5-12-6-10-19(29-22(24)25)21-20(12)14-3-1-2-4-18(14)28-21/h1-11,22,27H/b8-5+. The third-order valence-electron chi connectivity index (χ3n) is 4.38. The van der Waals surface area contributed by atoms with Crippen LogP contribution >= 0.6 is 11.6 Å². The number of hydrogen-bond acceptors (Lipinski definition) is 4. The van der Waals surface area contributed by atoms with Crippen LogP contribution in [-0.4, -0.2) is 17.5 Å². The predicted octanol–water partition coefficient (Wildman–Crippen LogP) is 6.44. The highest BCUT2D eigenvalue weighted by molar-refractivity contribution is 6.31. The molecule has 29 heavy (non-hydrogen) atoms. The third-order valence-corrected chi connectivity index (χ3v) is 4.61. The van der Waals surface area contributed by atoms with E-state index in [0.29, 0.717) is 26.9 Å². The van der Waals surface area contributed by atoms with E-state index >= 15 is 0 Å². The number of ether oxygens (including phenoxy) is 1. The zero-order valence-corrected chi connectivity index (χ0v) is 15.5. The lowest BCUT2D eigenvalue weighted by Crippen LogP contribution is -2.02. The number of phenols is 1. The zero-order chi connectivity index (χ0) is 20.5. The van der Waals surface area contributed by atoms with Gasteiger partial charge in [0.2, 0.25) is 0 Å². The number of halogens is 3. The van der Waals surface area contributed by atoms with Gasteiger partial charge in [0.1, 0.15) is 11.3 Å². The quantitative estimate of drug-likeness (QED) is 0.301. The SMILES string of the molecule is O=C(/C=C/c1ccc(OC(F)F)c2oc3ccccc3c12)c1cc(Cl)ccc1O. The lowest BCUT2D eigenvalue weighted by atomic mass is 10.0. The second kappa shape index (κ2) is 7.56. The first-order chi connectivity index (χ1) is 13.9. The van der Waals surface area contributed by atoms with Crippen molar-refractivity contribution in [2.75, 3.05) is 0 Å². The maximum Gasteiger partial charge on any atom is 0.387 e. The zero-order valence-electron chi connectivity index (χ0n) is 14.7. The Morgan fingerprint density at radius 3 is 2.72 bits per heavy atom. The van der Waals surface area contributed by atoms with Gasteiger partial charge in [-0.1, -0.05) is 41.9 Å². The molecule has 0 unspecified atom stereocenters. The number of furan rings is 1. The molecule has 0 amide bonds. The van der Waals surface area contributed by atoms with Crippen molar-refractivity contribution in [1.29, 1.82) is 0 Å². The number of phenolic OH excluding ortho intramolecular Hbond substituents is 1. The molecule has 4 nitrogen and oxygen atoms in total. The summed E-state index contributed by atoms with van der Waals surface area (Å²) in [6.07, 6.45) is 2.80. The van der Waals surface area contributed by atoms with E-state index in [1.165, 1.54) is 36.4 Å². The third kappa shape index (κ3) is 3.67. The Kier molecular flexibility index (Phi) is 4.94. The fourth-order valence-electron chi connectivity index (χ4n) is 3.12. The maximum absolute atomic E-state index is 12.8. The summed E-state index contributed by atoms with van der Waals surface area (Å²) in [5, 5.41) is 11.4. The van der Waals surface area contributed by atoms with Crippen molar-refractivity contribution in [3.05, 3.63) is 76.8 Å². The van der Waals surface area contributed by atoms with Gasteiger partial charge in [0, 0.05) is 15.8 Å². The molecule has 0 aliphatic rings. The molecule has 1 heterocycles. The normalized spacial score (nSPS) is 11.7. The summed E-state index contributed by atoms with van der Waals surface area (Å²) in [5.74, 6) is -0.746. The Morgan fingerprint density at radius 1 is 1.14 bits per heavy atom. The van der Waals surface area contributed by atoms with Crippen molar-refractivity contribution in [3.8, 4) is 11.5 Å². The van der Waals surface area contributed by atoms with Crippen molar-refractivity contribution < 1.29 is 27.8 Å². The van der Waals surface area contributed by atoms with Crippen LogP contribution in [0.15, 0.2) is 65.1 Å². The Bertz CT molecular complexity index is 1260. The van der Waals surface area contributed by atoms with Gasteiger partial charge < -0.3 is 14.3 Å². The molecule has 0 saturated carbocycles. The molecule has 7 heteroatoms. The lowest BCUT2D eigenvalue weighted by molar-refractivity contribution is -0.0493. The van der Waals surface area contributed by atoms with E-state index in [4.69, 9.17) is 16.0 Å². The van der Waals surface area contributed by atoms with E-state index in [0.717, 1.165) is 0 Å². The van der Waals surface area contributed by atoms with Gasteiger partial charge in [0.25, 0.3) is 0 Å². The molecule has 0 aliphatic heterocycles. The van der Waals surface area contributed by atoms with Crippen molar-refractivity contribution in [1.82, 2.24) is 0 Å². The first-order valence-corrected chi connectivity index (χ1v) is 8.92. The fraction of sp³-hybridized carbons (Fsp3) is 0.0455. The minimum Gasteiger partial charge on any atom is -0.507 e. The van der Waals surface area contributed by atoms with Gasteiger partial charge >= 0.3 is 6.61 Å². The van der Waals surface area contributed by atoms with Gasteiger partial charge in [-0.25, -0.2) is 0 Å². The van der Waals surface area contributed by atoms with Crippen LogP contribution in [0.25, 0.3) is 28.0 Å². The van der Waals surface area contributed by atoms with Crippen LogP contribution in [-0.2, 0) is 0 Å². The summed E-state index contributed by atoms with van der Waals surface area (Å²) in [5.41, 5.74) is 1.29. The van der Waals surface area contributed by atoms with E-state index in [2.05, 4.69) is 4.74 Å². The summed E-state index contributed by atoms with van der Waals surface area (Å²) >= 11 is 5.89. The number of aromatic hydroxyl groups is 1. The number of carbonyl (C=O) groups is 1. The Morgan fingerprint density at radius 2 is 1.93 bits per heavy atom. The molecule has 0 spiro atoms. The number of ketones is 1. The summed E-state index contributed by atoms with van der Waals surface area (Å²) in [7, 11) is 0. The van der Waals surface area contributed by atoms with Crippen LogP contribution in [0.4, 0.5) is 8.78 Å². The minimum absolute atomic E-state index is 0.0553. The van der Waals surface area contributed by atoms with Crippen LogP contribution < -0.4 is 4.74 Å². The van der Waals surface area contributed by atoms with E-state index < -0.39 is 12.4 Å². The van der Waals surface area contributed by atoms with Gasteiger partial charge in [0.05, 0.1) is 5.56 Å². The molecule has 0 radical (unpaired) electrons. The second-order valence-electron chi connectivity index (χ2n) is 6.19. The number of benzene rings is 3. The summed E-state index contributed by atoms with van der Waals surface area (Å²) in [6, 6.07) is 14.1. The average Bonchev–Trinajstić information content (AvgIpc) is 3.09. The van der Waals surface area contributed by atoms with Crippen molar-refractivity contribution in [2.45, 2.75) is 6.61 Å². The largest absolute Gasteiger partial charge is 0.507 e. The van der Waals surface area contributed by atoms with Crippen LogP contribution in [0.3, 0.4) is 0 Å². The fourth-order valence-corrected chi connectivity index (χ4v) is 3.29. The summed E-state index contributed by atoms with van der Waals surface area (Å²) in [6.45, 7) is -3.00. The van der Waals surface area contributed by atoms with Gasteiger partial charge in [-0.15, -0.1) is 0 Å². The maximum atomic E-state index is 12.8. The smallest absolute Gasteiger partial charge is 0.387 e. The second-order valence-corrected chi connectivity index (χ2v) is 6.63. The molecule has 1 N–H and O–H groups in total. The molecule has 0 aliphatic carbocycles. The number of rotatable bonds is 5. The van der Waals surface area contributed by atoms with Crippen molar-refractivity contribution in [3.63, 3.8) is 0 Å². The first-order valence-electron chi connectivity index (χ1n) is 8.54. The highest BCUT2D eigenvalue weighted by atomic mass is 35.5. The summed E-state index contributed by atoms with van der Waals surface area (Å²) in [4.78, 5) is 12.5. The molecule has 0 atom stereocenters. The number of allylic oxidation sites excluding steroid dienone is 1. The number of carbonyl (C=O) groups excluding carboxylic acids is 1. The number of para-hydroxylation sites is 1. The van der Waals surface area contributed by atoms with Crippen LogP contribution in [0, 0.1) is 0 Å². The number of fused-ring (bicyclic) bond motifs is 3. The Labute approximate surface area is 168 Å². The molecule has 4 aromatic rings. The van der Waals surface area contributed by atoms with Gasteiger partial charge in [-0.3, -0.25) is 4.79 Å². The van der Waals surface area contributed by atoms with Crippen LogP contribution in [0.2, 0.25) is 5.02 Å². The lowest BCUT2D eigenvalue weighted by Gasteiger charge is -2.06. The molecule has 0 fully saturated rings.